The summed E-state index contributed by atoms with van der Waals surface area (Å²) in [5.41, 5.74) is 1.38. The molecule has 0 amide bonds. The monoisotopic (exact) mass is 245 g/mol. The molecule has 0 saturated heterocycles. The van der Waals surface area contributed by atoms with Gasteiger partial charge in [0.15, 0.2) is 0 Å². The quantitative estimate of drug-likeness (QED) is 0.670. The van der Waals surface area contributed by atoms with E-state index in [4.69, 9.17) is 0 Å². The molecule has 1 nitrogen and oxygen atoms in total. The van der Waals surface area contributed by atoms with Crippen LogP contribution in [0.5, 0.6) is 0 Å². The number of nitrogens with zero attached hydrogens (tertiary/aromatic N) is 1. The fraction of sp³-hybridized carbons (Fsp3) is 0.636. The molecular formula is C11H20BrN. The summed E-state index contributed by atoms with van der Waals surface area (Å²) in [6, 6.07) is 0. The molecule has 0 aliphatic rings. The number of likely N-dealkylation sites (N-methyl/N-ethyl adjacent to an activating group) is 1. The largest absolute Gasteiger partial charge is 0.302 e. The Bertz CT molecular complexity index is 194. The van der Waals surface area contributed by atoms with Gasteiger partial charge in [0.1, 0.15) is 0 Å². The molecule has 0 N–H and O–H groups in total. The lowest BCUT2D eigenvalue weighted by Crippen LogP contribution is -2.20. The number of allylic oxidation sites excluding steroid dienone is 2. The summed E-state index contributed by atoms with van der Waals surface area (Å²) in [4.78, 5) is 2.30. The van der Waals surface area contributed by atoms with Gasteiger partial charge in [0, 0.05) is 11.0 Å². The van der Waals surface area contributed by atoms with Gasteiger partial charge in [-0.05, 0) is 32.5 Å². The van der Waals surface area contributed by atoms with Gasteiger partial charge in [0.2, 0.25) is 0 Å². The van der Waals surface area contributed by atoms with E-state index in [-0.39, 0.29) is 0 Å². The third kappa shape index (κ3) is 5.27. The summed E-state index contributed by atoms with van der Waals surface area (Å²) in [5.74, 6) is 0. The van der Waals surface area contributed by atoms with Crippen LogP contribution in [-0.2, 0) is 0 Å². The lowest BCUT2D eigenvalue weighted by Gasteiger charge is -2.16. The van der Waals surface area contributed by atoms with E-state index in [9.17, 15) is 0 Å². The zero-order valence-corrected chi connectivity index (χ0v) is 10.7. The van der Waals surface area contributed by atoms with Crippen LogP contribution in [-0.4, -0.2) is 25.0 Å². The second-order valence-electron chi connectivity index (χ2n) is 3.10. The average molecular weight is 246 g/mol. The Balaban J connectivity index is 4.36. The van der Waals surface area contributed by atoms with Crippen molar-refractivity contribution in [1.29, 1.82) is 0 Å². The fourth-order valence-electron chi connectivity index (χ4n) is 1.07. The van der Waals surface area contributed by atoms with E-state index in [1.165, 1.54) is 10.1 Å². The molecule has 0 heterocycles. The van der Waals surface area contributed by atoms with Crippen molar-refractivity contribution in [2.45, 2.75) is 27.2 Å². The van der Waals surface area contributed by atoms with Crippen LogP contribution in [0.25, 0.3) is 0 Å². The molecule has 0 radical (unpaired) electrons. The third-order valence-electron chi connectivity index (χ3n) is 1.99. The topological polar surface area (TPSA) is 3.24 Å². The molecule has 0 rings (SSSR count). The molecule has 76 valence electrons. The van der Waals surface area contributed by atoms with Gasteiger partial charge in [-0.2, -0.15) is 0 Å². The van der Waals surface area contributed by atoms with Crippen molar-refractivity contribution in [3.05, 3.63) is 22.2 Å². The molecule has 0 aliphatic carbocycles. The van der Waals surface area contributed by atoms with Crippen molar-refractivity contribution in [1.82, 2.24) is 4.90 Å². The molecule has 0 aromatic heterocycles. The lowest BCUT2D eigenvalue weighted by molar-refractivity contribution is 0.385. The van der Waals surface area contributed by atoms with Crippen molar-refractivity contribution in [2.75, 3.05) is 20.1 Å². The van der Waals surface area contributed by atoms with Crippen LogP contribution in [0.15, 0.2) is 22.2 Å². The van der Waals surface area contributed by atoms with Crippen LogP contribution in [0, 0.1) is 0 Å². The van der Waals surface area contributed by atoms with E-state index in [0.717, 1.165) is 19.5 Å². The molecular weight excluding hydrogens is 226 g/mol. The van der Waals surface area contributed by atoms with E-state index in [1.54, 1.807) is 0 Å². The van der Waals surface area contributed by atoms with Crippen molar-refractivity contribution in [2.24, 2.45) is 0 Å². The summed E-state index contributed by atoms with van der Waals surface area (Å²) >= 11 is 3.57. The lowest BCUT2D eigenvalue weighted by atomic mass is 10.2. The van der Waals surface area contributed by atoms with E-state index < -0.39 is 0 Å². The normalized spacial score (nSPS) is 14.0. The highest BCUT2D eigenvalue weighted by Crippen LogP contribution is 2.18. The Labute approximate surface area is 90.6 Å². The van der Waals surface area contributed by atoms with E-state index in [2.05, 4.69) is 60.8 Å². The van der Waals surface area contributed by atoms with Crippen LogP contribution in [0.4, 0.5) is 0 Å². The number of hydrogen-bond donors (Lipinski definition) is 0. The zero-order valence-electron chi connectivity index (χ0n) is 9.10. The molecule has 0 aliphatic heterocycles. The van der Waals surface area contributed by atoms with Crippen molar-refractivity contribution < 1.29 is 0 Å². The SMILES string of the molecule is CC=C(Br)/C(=C/CC)CN(C)CC. The highest BCUT2D eigenvalue weighted by Gasteiger charge is 2.03. The average Bonchev–Trinajstić information content (AvgIpc) is 2.15. The van der Waals surface area contributed by atoms with Gasteiger partial charge < -0.3 is 4.90 Å². The molecule has 0 aromatic carbocycles. The van der Waals surface area contributed by atoms with Gasteiger partial charge in [-0.25, -0.2) is 0 Å². The summed E-state index contributed by atoms with van der Waals surface area (Å²) in [6.45, 7) is 8.51. The Morgan fingerprint density at radius 2 is 2.00 bits per heavy atom. The van der Waals surface area contributed by atoms with E-state index in [1.807, 2.05) is 0 Å². The van der Waals surface area contributed by atoms with Gasteiger partial charge in [0.05, 0.1) is 0 Å². The number of rotatable bonds is 5. The zero-order chi connectivity index (χ0) is 10.3. The van der Waals surface area contributed by atoms with E-state index in [0.29, 0.717) is 0 Å². The maximum Gasteiger partial charge on any atom is 0.0238 e. The van der Waals surface area contributed by atoms with Crippen LogP contribution in [0.3, 0.4) is 0 Å². The molecule has 0 saturated carbocycles. The van der Waals surface area contributed by atoms with Crippen LogP contribution >= 0.6 is 15.9 Å². The minimum Gasteiger partial charge on any atom is -0.302 e. The van der Waals surface area contributed by atoms with Gasteiger partial charge in [-0.15, -0.1) is 0 Å². The molecule has 0 spiro atoms. The molecule has 0 unspecified atom stereocenters. The Morgan fingerprint density at radius 1 is 1.38 bits per heavy atom. The summed E-state index contributed by atoms with van der Waals surface area (Å²) in [7, 11) is 2.14. The molecule has 13 heavy (non-hydrogen) atoms. The number of halogens is 1. The van der Waals surface area contributed by atoms with Gasteiger partial charge in [0.25, 0.3) is 0 Å². The Morgan fingerprint density at radius 3 is 2.38 bits per heavy atom. The summed E-state index contributed by atoms with van der Waals surface area (Å²) < 4.78 is 1.22. The number of hydrogen-bond acceptors (Lipinski definition) is 1. The van der Waals surface area contributed by atoms with Crippen LogP contribution in [0.1, 0.15) is 27.2 Å². The van der Waals surface area contributed by atoms with Crippen LogP contribution < -0.4 is 0 Å². The van der Waals surface area contributed by atoms with Crippen molar-refractivity contribution in [3.8, 4) is 0 Å². The molecule has 0 bridgehead atoms. The maximum absolute atomic E-state index is 3.57. The van der Waals surface area contributed by atoms with Gasteiger partial charge >= 0.3 is 0 Å². The molecule has 0 aromatic rings. The second-order valence-corrected chi connectivity index (χ2v) is 3.96. The molecule has 0 atom stereocenters. The standard InChI is InChI=1S/C11H20BrN/c1-5-8-10(11(12)6-2)9-13(4)7-3/h6,8H,5,7,9H2,1-4H3/b10-8+,11-6?. The first kappa shape index (κ1) is 12.9. The first-order valence-corrected chi connectivity index (χ1v) is 5.64. The fourth-order valence-corrected chi connectivity index (χ4v) is 1.36. The first-order valence-electron chi connectivity index (χ1n) is 4.85. The Kier molecular flexibility index (Phi) is 7.29. The van der Waals surface area contributed by atoms with Gasteiger partial charge in [-0.1, -0.05) is 41.9 Å². The summed E-state index contributed by atoms with van der Waals surface area (Å²) in [5, 5.41) is 0. The first-order chi connectivity index (χ1) is 6.15. The van der Waals surface area contributed by atoms with E-state index >= 15 is 0 Å². The highest BCUT2D eigenvalue weighted by atomic mass is 79.9. The third-order valence-corrected chi connectivity index (χ3v) is 2.96. The van der Waals surface area contributed by atoms with Crippen molar-refractivity contribution >= 4 is 15.9 Å². The van der Waals surface area contributed by atoms with Crippen LogP contribution in [0.2, 0.25) is 0 Å². The predicted octanol–water partition coefficient (Wildman–Crippen LogP) is 3.57. The smallest absolute Gasteiger partial charge is 0.0238 e. The minimum absolute atomic E-state index is 1.02. The summed E-state index contributed by atoms with van der Waals surface area (Å²) in [6.07, 6.45) is 5.47. The van der Waals surface area contributed by atoms with Gasteiger partial charge in [-0.3, -0.25) is 0 Å². The maximum atomic E-state index is 3.57. The second kappa shape index (κ2) is 7.34. The molecule has 0 fully saturated rings. The predicted molar refractivity (Wildman–Crippen MR) is 64.2 cm³/mol. The highest BCUT2D eigenvalue weighted by molar-refractivity contribution is 9.12. The Hall–Kier alpha value is -0.0800. The van der Waals surface area contributed by atoms with Crippen molar-refractivity contribution in [3.63, 3.8) is 0 Å². The molecule has 2 heteroatoms. The minimum atomic E-state index is 1.02.